The van der Waals surface area contributed by atoms with Crippen molar-refractivity contribution in [2.24, 2.45) is 0 Å². The smallest absolute Gasteiger partial charge is 0.335 e. The zero-order chi connectivity index (χ0) is 14.0. The third-order valence-corrected chi connectivity index (χ3v) is 4.07. The van der Waals surface area contributed by atoms with Crippen molar-refractivity contribution >= 4 is 28.8 Å². The van der Waals surface area contributed by atoms with E-state index in [2.05, 4.69) is 0 Å². The Labute approximate surface area is 117 Å². The molecule has 3 nitrogen and oxygen atoms in total. The average Bonchev–Trinajstić information content (AvgIpc) is 2.74. The third kappa shape index (κ3) is 4.09. The van der Waals surface area contributed by atoms with Crippen molar-refractivity contribution in [1.82, 2.24) is 9.80 Å². The molecule has 106 valence electrons. The molecule has 0 aliphatic carbocycles. The van der Waals surface area contributed by atoms with Crippen LogP contribution in [0, 0.1) is 0 Å². The highest BCUT2D eigenvalue weighted by Crippen LogP contribution is 2.23. The van der Waals surface area contributed by atoms with Gasteiger partial charge in [-0.2, -0.15) is 13.2 Å². The molecule has 1 aromatic heterocycles. The quantitative estimate of drug-likeness (QED) is 0.838. The Morgan fingerprint density at radius 1 is 1.26 bits per heavy atom. The molecule has 1 aliphatic heterocycles. The predicted molar refractivity (Wildman–Crippen MR) is 67.7 cm³/mol. The Hall–Kier alpha value is -0.790. The topological polar surface area (TPSA) is 23.6 Å². The van der Waals surface area contributed by atoms with E-state index >= 15 is 0 Å². The molecule has 0 unspecified atom stereocenters. The molecule has 0 spiro atoms. The first-order valence-electron chi connectivity index (χ1n) is 5.69. The van der Waals surface area contributed by atoms with Gasteiger partial charge in [0.25, 0.3) is 5.91 Å². The van der Waals surface area contributed by atoms with E-state index in [1.807, 2.05) is 0 Å². The number of carbonyl (C=O) groups is 1. The summed E-state index contributed by atoms with van der Waals surface area (Å²) in [6.45, 7) is 0.184. The summed E-state index contributed by atoms with van der Waals surface area (Å²) in [5.74, 6) is -0.163. The van der Waals surface area contributed by atoms with Gasteiger partial charge in [-0.1, -0.05) is 11.6 Å². The van der Waals surface area contributed by atoms with Crippen LogP contribution in [-0.4, -0.2) is 54.6 Å². The van der Waals surface area contributed by atoms with Crippen molar-refractivity contribution < 1.29 is 18.0 Å². The monoisotopic (exact) mass is 312 g/mol. The number of hydrogen-bond donors (Lipinski definition) is 0. The highest BCUT2D eigenvalue weighted by molar-refractivity contribution is 7.17. The lowest BCUT2D eigenvalue weighted by Gasteiger charge is -2.34. The first kappa shape index (κ1) is 14.6. The molecule has 1 aliphatic rings. The Morgan fingerprint density at radius 3 is 2.37 bits per heavy atom. The number of halogens is 4. The number of rotatable bonds is 2. The van der Waals surface area contributed by atoms with E-state index in [-0.39, 0.29) is 19.0 Å². The molecule has 0 aromatic carbocycles. The molecule has 0 N–H and O–H groups in total. The van der Waals surface area contributed by atoms with E-state index < -0.39 is 12.7 Å². The number of alkyl halides is 3. The summed E-state index contributed by atoms with van der Waals surface area (Å²) in [5, 5.41) is 0. The average molecular weight is 313 g/mol. The second kappa shape index (κ2) is 5.68. The Balaban J connectivity index is 1.88. The molecular weight excluding hydrogens is 301 g/mol. The van der Waals surface area contributed by atoms with Crippen LogP contribution >= 0.6 is 22.9 Å². The van der Waals surface area contributed by atoms with Crippen LogP contribution in [-0.2, 0) is 0 Å². The normalized spacial score (nSPS) is 17.8. The molecule has 0 radical (unpaired) electrons. The second-order valence-electron chi connectivity index (χ2n) is 4.29. The van der Waals surface area contributed by atoms with E-state index in [0.29, 0.717) is 22.3 Å². The standard InChI is InChI=1S/C11H12ClF3N2OS/c12-9-2-1-8(19-9)10(18)17-5-3-16(4-6-17)7-11(13,14)15/h1-2H,3-7H2. The molecular formula is C11H12ClF3N2OS. The van der Waals surface area contributed by atoms with Gasteiger partial charge in [-0.15, -0.1) is 11.3 Å². The number of thiophene rings is 1. The van der Waals surface area contributed by atoms with E-state index in [1.165, 1.54) is 16.2 Å². The summed E-state index contributed by atoms with van der Waals surface area (Å²) in [5.41, 5.74) is 0. The SMILES string of the molecule is O=C(c1ccc(Cl)s1)N1CCN(CC(F)(F)F)CC1. The van der Waals surface area contributed by atoms with Crippen LogP contribution in [0.25, 0.3) is 0 Å². The summed E-state index contributed by atoms with van der Waals surface area (Å²) in [6, 6.07) is 3.27. The van der Waals surface area contributed by atoms with Gasteiger partial charge in [0.05, 0.1) is 15.8 Å². The largest absolute Gasteiger partial charge is 0.401 e. The first-order valence-corrected chi connectivity index (χ1v) is 6.88. The molecule has 1 fully saturated rings. The van der Waals surface area contributed by atoms with E-state index in [0.717, 1.165) is 0 Å². The van der Waals surface area contributed by atoms with E-state index in [1.54, 1.807) is 17.0 Å². The van der Waals surface area contributed by atoms with Gasteiger partial charge >= 0.3 is 6.18 Å². The molecule has 1 aromatic rings. The number of nitrogens with zero attached hydrogens (tertiary/aromatic N) is 2. The lowest BCUT2D eigenvalue weighted by molar-refractivity contribution is -0.148. The minimum atomic E-state index is -4.19. The Morgan fingerprint density at radius 2 is 1.89 bits per heavy atom. The maximum atomic E-state index is 12.2. The lowest BCUT2D eigenvalue weighted by Crippen LogP contribution is -2.50. The van der Waals surface area contributed by atoms with Crippen LogP contribution in [0.5, 0.6) is 0 Å². The molecule has 0 atom stereocenters. The maximum Gasteiger partial charge on any atom is 0.401 e. The number of piperazine rings is 1. The maximum absolute atomic E-state index is 12.2. The molecule has 8 heteroatoms. The summed E-state index contributed by atoms with van der Waals surface area (Å²) in [6.07, 6.45) is -4.19. The van der Waals surface area contributed by atoms with Crippen molar-refractivity contribution in [3.05, 3.63) is 21.3 Å². The van der Waals surface area contributed by atoms with Gasteiger partial charge in [-0.25, -0.2) is 0 Å². The van der Waals surface area contributed by atoms with Crippen LogP contribution in [0.2, 0.25) is 4.34 Å². The van der Waals surface area contributed by atoms with Crippen LogP contribution in [0.4, 0.5) is 13.2 Å². The fourth-order valence-corrected chi connectivity index (χ4v) is 2.96. The third-order valence-electron chi connectivity index (χ3n) is 2.85. The minimum Gasteiger partial charge on any atom is -0.335 e. The summed E-state index contributed by atoms with van der Waals surface area (Å²) in [7, 11) is 0. The molecule has 1 amide bonds. The van der Waals surface area contributed by atoms with Gasteiger partial charge in [-0.3, -0.25) is 9.69 Å². The predicted octanol–water partition coefficient (Wildman–Crippen LogP) is 2.72. The van der Waals surface area contributed by atoms with Gasteiger partial charge < -0.3 is 4.90 Å². The lowest BCUT2D eigenvalue weighted by atomic mass is 10.3. The Bertz CT molecular complexity index is 455. The molecule has 0 bridgehead atoms. The van der Waals surface area contributed by atoms with Crippen LogP contribution < -0.4 is 0 Å². The zero-order valence-corrected chi connectivity index (χ0v) is 11.5. The van der Waals surface area contributed by atoms with Gasteiger partial charge in [0.15, 0.2) is 0 Å². The summed E-state index contributed by atoms with van der Waals surface area (Å²) in [4.78, 5) is 15.4. The molecule has 2 heterocycles. The fourth-order valence-electron chi connectivity index (χ4n) is 1.95. The fraction of sp³-hybridized carbons (Fsp3) is 0.545. The number of amides is 1. The van der Waals surface area contributed by atoms with Crippen molar-refractivity contribution in [3.8, 4) is 0 Å². The zero-order valence-electron chi connectivity index (χ0n) is 9.91. The minimum absolute atomic E-state index is 0.163. The molecule has 19 heavy (non-hydrogen) atoms. The van der Waals surface area contributed by atoms with Crippen LogP contribution in [0.1, 0.15) is 9.67 Å². The van der Waals surface area contributed by atoms with E-state index in [4.69, 9.17) is 11.6 Å². The number of hydrogen-bond acceptors (Lipinski definition) is 3. The second-order valence-corrected chi connectivity index (χ2v) is 6.00. The van der Waals surface area contributed by atoms with Crippen molar-refractivity contribution in [3.63, 3.8) is 0 Å². The Kier molecular flexibility index (Phi) is 4.37. The van der Waals surface area contributed by atoms with Crippen molar-refractivity contribution in [2.75, 3.05) is 32.7 Å². The van der Waals surface area contributed by atoms with Gasteiger partial charge in [0, 0.05) is 26.2 Å². The van der Waals surface area contributed by atoms with Crippen molar-refractivity contribution in [2.45, 2.75) is 6.18 Å². The summed E-state index contributed by atoms with van der Waals surface area (Å²) < 4.78 is 37.2. The molecule has 0 saturated carbocycles. The van der Waals surface area contributed by atoms with Crippen LogP contribution in [0.3, 0.4) is 0 Å². The van der Waals surface area contributed by atoms with Gasteiger partial charge in [0.1, 0.15) is 0 Å². The highest BCUT2D eigenvalue weighted by Gasteiger charge is 2.33. The highest BCUT2D eigenvalue weighted by atomic mass is 35.5. The number of carbonyl (C=O) groups excluding carboxylic acids is 1. The van der Waals surface area contributed by atoms with Gasteiger partial charge in [0.2, 0.25) is 0 Å². The van der Waals surface area contributed by atoms with Gasteiger partial charge in [-0.05, 0) is 12.1 Å². The van der Waals surface area contributed by atoms with E-state index in [9.17, 15) is 18.0 Å². The van der Waals surface area contributed by atoms with Crippen LogP contribution in [0.15, 0.2) is 12.1 Å². The molecule has 2 rings (SSSR count). The summed E-state index contributed by atoms with van der Waals surface area (Å²) >= 11 is 6.93. The van der Waals surface area contributed by atoms with Crippen molar-refractivity contribution in [1.29, 1.82) is 0 Å². The molecule has 1 saturated heterocycles. The first-order chi connectivity index (χ1) is 8.85.